The second-order valence-electron chi connectivity index (χ2n) is 7.51. The summed E-state index contributed by atoms with van der Waals surface area (Å²) < 4.78 is 14.1. The van der Waals surface area contributed by atoms with Gasteiger partial charge in [0.05, 0.1) is 0 Å². The Morgan fingerprint density at radius 3 is 2.79 bits per heavy atom. The number of hydrogen-bond acceptors (Lipinski definition) is 7. The molecule has 1 saturated carbocycles. The van der Waals surface area contributed by atoms with Crippen LogP contribution in [0.25, 0.3) is 11.2 Å². The maximum atomic E-state index is 6.08. The minimum atomic E-state index is 0.252. The molecule has 5 rings (SSSR count). The van der Waals surface area contributed by atoms with Crippen molar-refractivity contribution in [2.45, 2.75) is 55.1 Å². The topological polar surface area (TPSA) is 88.1 Å². The number of anilines is 1. The Balaban J connectivity index is 1.45. The van der Waals surface area contributed by atoms with Crippen molar-refractivity contribution in [1.82, 2.24) is 19.5 Å². The van der Waals surface area contributed by atoms with Crippen LogP contribution in [0.3, 0.4) is 0 Å². The highest BCUT2D eigenvalue weighted by atomic mass is 79.9. The highest BCUT2D eigenvalue weighted by molar-refractivity contribution is 9.10. The molecule has 0 radical (unpaired) electrons. The van der Waals surface area contributed by atoms with Crippen LogP contribution in [0.1, 0.15) is 38.5 Å². The first-order valence-corrected chi connectivity index (χ1v) is 11.5. The summed E-state index contributed by atoms with van der Waals surface area (Å²) in [7, 11) is 0. The summed E-state index contributed by atoms with van der Waals surface area (Å²) in [4.78, 5) is 14.4. The van der Waals surface area contributed by atoms with E-state index in [0.717, 1.165) is 50.6 Å². The molecular weight excluding hydrogens is 454 g/mol. The van der Waals surface area contributed by atoms with Gasteiger partial charge < -0.3 is 19.8 Å². The number of nitrogens with two attached hydrogens (primary N) is 1. The van der Waals surface area contributed by atoms with E-state index in [0.29, 0.717) is 11.3 Å². The first kappa shape index (κ1) is 19.0. The standard InChI is InChI=1S/C20H22BrN5O2S/c21-13-8-14-15(28-11-27-14)9-16(13)29-20-25-17-18(22)23-10-24-19(17)26(20)7-3-6-12-4-1-2-5-12/h8-10,12H,1-7,11H2,(H2,22,23,24). The van der Waals surface area contributed by atoms with Crippen molar-refractivity contribution >= 4 is 44.7 Å². The van der Waals surface area contributed by atoms with Gasteiger partial charge in [0.2, 0.25) is 6.79 Å². The number of benzene rings is 1. The molecule has 0 saturated heterocycles. The Kier molecular flexibility index (Phi) is 5.26. The number of rotatable bonds is 6. The van der Waals surface area contributed by atoms with Crippen molar-refractivity contribution in [3.05, 3.63) is 22.9 Å². The van der Waals surface area contributed by atoms with Gasteiger partial charge in [-0.05, 0) is 46.8 Å². The van der Waals surface area contributed by atoms with Gasteiger partial charge in [-0.1, -0.05) is 37.4 Å². The minimum Gasteiger partial charge on any atom is -0.454 e. The van der Waals surface area contributed by atoms with Crippen molar-refractivity contribution < 1.29 is 9.47 Å². The van der Waals surface area contributed by atoms with Crippen LogP contribution in [0.5, 0.6) is 11.5 Å². The van der Waals surface area contributed by atoms with Crippen molar-refractivity contribution in [1.29, 1.82) is 0 Å². The molecule has 7 nitrogen and oxygen atoms in total. The quantitative estimate of drug-likeness (QED) is 0.534. The van der Waals surface area contributed by atoms with E-state index < -0.39 is 0 Å². The first-order chi connectivity index (χ1) is 14.2. The second-order valence-corrected chi connectivity index (χ2v) is 9.37. The molecule has 0 bridgehead atoms. The number of nitrogens with zero attached hydrogens (tertiary/aromatic N) is 4. The number of aromatic nitrogens is 4. The smallest absolute Gasteiger partial charge is 0.231 e. The van der Waals surface area contributed by atoms with Gasteiger partial charge in [-0.25, -0.2) is 15.0 Å². The molecule has 3 heterocycles. The molecule has 2 N–H and O–H groups in total. The van der Waals surface area contributed by atoms with Crippen LogP contribution in [-0.2, 0) is 6.54 Å². The number of ether oxygens (including phenoxy) is 2. The van der Waals surface area contributed by atoms with E-state index in [1.54, 1.807) is 11.8 Å². The molecule has 0 amide bonds. The molecule has 1 aromatic carbocycles. The van der Waals surface area contributed by atoms with E-state index in [-0.39, 0.29) is 6.79 Å². The summed E-state index contributed by atoms with van der Waals surface area (Å²) >= 11 is 5.21. The predicted octanol–water partition coefficient (Wildman–Crippen LogP) is 5.02. The number of aryl methyl sites for hydroxylation is 1. The highest BCUT2D eigenvalue weighted by Gasteiger charge is 2.21. The Morgan fingerprint density at radius 1 is 1.17 bits per heavy atom. The minimum absolute atomic E-state index is 0.252. The molecule has 29 heavy (non-hydrogen) atoms. The van der Waals surface area contributed by atoms with E-state index >= 15 is 0 Å². The fourth-order valence-electron chi connectivity index (χ4n) is 4.13. The lowest BCUT2D eigenvalue weighted by Gasteiger charge is -2.12. The van der Waals surface area contributed by atoms with Crippen LogP contribution in [0.2, 0.25) is 0 Å². The average molecular weight is 476 g/mol. The fourth-order valence-corrected chi connectivity index (χ4v) is 5.63. The number of halogens is 1. The van der Waals surface area contributed by atoms with Crippen LogP contribution in [0.15, 0.2) is 33.0 Å². The monoisotopic (exact) mass is 475 g/mol. The maximum Gasteiger partial charge on any atom is 0.231 e. The van der Waals surface area contributed by atoms with Gasteiger partial charge in [0.1, 0.15) is 6.33 Å². The van der Waals surface area contributed by atoms with E-state index in [9.17, 15) is 0 Å². The fraction of sp³-hybridized carbons (Fsp3) is 0.450. The zero-order valence-corrected chi connectivity index (χ0v) is 18.3. The molecule has 0 atom stereocenters. The molecule has 152 valence electrons. The van der Waals surface area contributed by atoms with Crippen LogP contribution < -0.4 is 15.2 Å². The molecule has 0 unspecified atom stereocenters. The second kappa shape index (κ2) is 8.02. The van der Waals surface area contributed by atoms with E-state index in [4.69, 9.17) is 20.2 Å². The van der Waals surface area contributed by atoms with Crippen molar-refractivity contribution in [3.8, 4) is 11.5 Å². The Hall–Kier alpha value is -2.00. The number of hydrogen-bond donors (Lipinski definition) is 1. The van der Waals surface area contributed by atoms with Crippen LogP contribution in [0, 0.1) is 5.92 Å². The maximum absolute atomic E-state index is 6.08. The SMILES string of the molecule is Nc1ncnc2c1nc(Sc1cc3c(cc1Br)OCO3)n2CCCC1CCCC1. The van der Waals surface area contributed by atoms with E-state index in [2.05, 4.69) is 30.5 Å². The first-order valence-electron chi connectivity index (χ1n) is 9.93. The van der Waals surface area contributed by atoms with Gasteiger partial charge in [-0.2, -0.15) is 0 Å². The zero-order valence-electron chi connectivity index (χ0n) is 15.9. The molecule has 2 aliphatic rings. The largest absolute Gasteiger partial charge is 0.454 e. The van der Waals surface area contributed by atoms with Gasteiger partial charge in [0, 0.05) is 15.9 Å². The van der Waals surface area contributed by atoms with Gasteiger partial charge >= 0.3 is 0 Å². The summed E-state index contributed by atoms with van der Waals surface area (Å²) in [5, 5.41) is 0.859. The Bertz CT molecular complexity index is 1050. The summed E-state index contributed by atoms with van der Waals surface area (Å²) in [6.45, 7) is 1.12. The summed E-state index contributed by atoms with van der Waals surface area (Å²) in [6, 6.07) is 3.92. The Labute approximate surface area is 181 Å². The van der Waals surface area contributed by atoms with Crippen molar-refractivity contribution in [3.63, 3.8) is 0 Å². The summed E-state index contributed by atoms with van der Waals surface area (Å²) in [5.74, 6) is 2.78. The van der Waals surface area contributed by atoms with Crippen molar-refractivity contribution in [2.24, 2.45) is 5.92 Å². The molecule has 9 heteroatoms. The molecular formula is C20H22BrN5O2S. The van der Waals surface area contributed by atoms with Gasteiger partial charge in [-0.3, -0.25) is 0 Å². The molecule has 0 spiro atoms. The number of imidazole rings is 1. The molecule has 3 aromatic rings. The van der Waals surface area contributed by atoms with Gasteiger partial charge in [0.15, 0.2) is 33.6 Å². The normalized spacial score (nSPS) is 16.2. The lowest BCUT2D eigenvalue weighted by molar-refractivity contribution is 0.174. The van der Waals surface area contributed by atoms with E-state index in [1.807, 2.05) is 12.1 Å². The predicted molar refractivity (Wildman–Crippen MR) is 115 cm³/mol. The lowest BCUT2D eigenvalue weighted by atomic mass is 10.0. The van der Waals surface area contributed by atoms with E-state index in [1.165, 1.54) is 38.4 Å². The number of nitrogen functional groups attached to an aromatic ring is 1. The van der Waals surface area contributed by atoms with Crippen LogP contribution in [-0.4, -0.2) is 26.3 Å². The third-order valence-corrected chi connectivity index (χ3v) is 7.59. The zero-order chi connectivity index (χ0) is 19.8. The Morgan fingerprint density at radius 2 is 1.97 bits per heavy atom. The number of fused-ring (bicyclic) bond motifs is 2. The molecule has 1 aliphatic heterocycles. The summed E-state index contributed by atoms with van der Waals surface area (Å²) in [6.07, 6.45) is 9.35. The molecule has 1 fully saturated rings. The highest BCUT2D eigenvalue weighted by Crippen LogP contribution is 2.43. The third-order valence-electron chi connectivity index (χ3n) is 5.62. The van der Waals surface area contributed by atoms with Gasteiger partial charge in [-0.15, -0.1) is 0 Å². The van der Waals surface area contributed by atoms with Crippen LogP contribution >= 0.6 is 27.7 Å². The average Bonchev–Trinajstić information content (AvgIpc) is 3.44. The van der Waals surface area contributed by atoms with Crippen LogP contribution in [0.4, 0.5) is 5.82 Å². The van der Waals surface area contributed by atoms with Crippen molar-refractivity contribution in [2.75, 3.05) is 12.5 Å². The molecule has 2 aromatic heterocycles. The van der Waals surface area contributed by atoms with Gasteiger partial charge in [0.25, 0.3) is 0 Å². The summed E-state index contributed by atoms with van der Waals surface area (Å²) in [5.41, 5.74) is 7.54. The lowest BCUT2D eigenvalue weighted by Crippen LogP contribution is -2.04. The third kappa shape index (κ3) is 3.77. The molecule has 1 aliphatic carbocycles.